The number of amides is 1. The van der Waals surface area contributed by atoms with Crippen molar-refractivity contribution in [3.05, 3.63) is 28.2 Å². The van der Waals surface area contributed by atoms with Crippen molar-refractivity contribution in [2.24, 2.45) is 0 Å². The first-order chi connectivity index (χ1) is 10.5. The summed E-state index contributed by atoms with van der Waals surface area (Å²) in [7, 11) is 2.02. The highest BCUT2D eigenvalue weighted by atomic mass is 35.5. The van der Waals surface area contributed by atoms with Gasteiger partial charge in [-0.1, -0.05) is 23.2 Å². The Hall–Kier alpha value is -0.520. The molecule has 7 heteroatoms. The maximum atomic E-state index is 12.2. The number of nitrogens with one attached hydrogen (secondary N) is 2. The van der Waals surface area contributed by atoms with E-state index in [1.54, 1.807) is 18.2 Å². The van der Waals surface area contributed by atoms with Crippen LogP contribution in [-0.4, -0.2) is 42.5 Å². The summed E-state index contributed by atoms with van der Waals surface area (Å²) < 4.78 is 0. The summed E-state index contributed by atoms with van der Waals surface area (Å²) in [5, 5.41) is 7.53. The van der Waals surface area contributed by atoms with Crippen molar-refractivity contribution in [2.75, 3.05) is 18.9 Å². The van der Waals surface area contributed by atoms with E-state index < -0.39 is 0 Å². The van der Waals surface area contributed by atoms with Gasteiger partial charge in [0.2, 0.25) is 5.91 Å². The summed E-state index contributed by atoms with van der Waals surface area (Å²) >= 11 is 12.0. The topological polar surface area (TPSA) is 44.4 Å². The van der Waals surface area contributed by atoms with Gasteiger partial charge in [-0.15, -0.1) is 12.4 Å². The summed E-state index contributed by atoms with van der Waals surface area (Å²) in [5.74, 6) is -0.0578. The molecule has 128 valence electrons. The van der Waals surface area contributed by atoms with Crippen LogP contribution in [0.2, 0.25) is 10.0 Å². The lowest BCUT2D eigenvalue weighted by Crippen LogP contribution is -2.48. The summed E-state index contributed by atoms with van der Waals surface area (Å²) in [5.41, 5.74) is 0.568. The van der Waals surface area contributed by atoms with Crippen LogP contribution < -0.4 is 10.6 Å². The fourth-order valence-electron chi connectivity index (χ4n) is 3.53. The molecule has 0 saturated carbocycles. The Labute approximate surface area is 153 Å². The van der Waals surface area contributed by atoms with Crippen LogP contribution in [-0.2, 0) is 4.79 Å². The van der Waals surface area contributed by atoms with Gasteiger partial charge >= 0.3 is 0 Å². The number of likely N-dealkylation sites (N-methyl/N-ethyl adjacent to an activating group) is 1. The second-order valence-corrected chi connectivity index (χ2v) is 7.19. The normalized spacial score (nSPS) is 26.0. The minimum atomic E-state index is -0.0578. The Bertz CT molecular complexity index is 558. The first-order valence-corrected chi connectivity index (χ1v) is 8.48. The number of carbonyl (C=O) groups is 1. The molecule has 2 atom stereocenters. The van der Waals surface area contributed by atoms with Crippen LogP contribution >= 0.6 is 35.6 Å². The zero-order valence-corrected chi connectivity index (χ0v) is 15.3. The number of rotatable bonds is 4. The number of fused-ring (bicyclic) bond motifs is 2. The van der Waals surface area contributed by atoms with E-state index in [-0.39, 0.29) is 18.3 Å². The average molecular weight is 379 g/mol. The number of benzene rings is 1. The molecule has 4 nitrogen and oxygen atoms in total. The molecule has 2 aliphatic heterocycles. The van der Waals surface area contributed by atoms with Gasteiger partial charge in [-0.2, -0.15) is 0 Å². The number of piperidine rings is 1. The van der Waals surface area contributed by atoms with E-state index in [9.17, 15) is 4.79 Å². The van der Waals surface area contributed by atoms with E-state index in [1.165, 1.54) is 12.8 Å². The minimum Gasteiger partial charge on any atom is -0.324 e. The zero-order chi connectivity index (χ0) is 15.7. The van der Waals surface area contributed by atoms with E-state index in [0.717, 1.165) is 12.8 Å². The second-order valence-electron chi connectivity index (χ2n) is 6.35. The van der Waals surface area contributed by atoms with Crippen LogP contribution in [0.15, 0.2) is 18.2 Å². The summed E-state index contributed by atoms with van der Waals surface area (Å²) in [6.45, 7) is 0.368. The van der Waals surface area contributed by atoms with Crippen LogP contribution in [0.3, 0.4) is 0 Å². The Balaban J connectivity index is 0.00000192. The molecule has 2 unspecified atom stereocenters. The fraction of sp³-hybridized carbons (Fsp3) is 0.562. The lowest BCUT2D eigenvalue weighted by Gasteiger charge is -2.35. The van der Waals surface area contributed by atoms with Crippen LogP contribution in [0, 0.1) is 0 Å². The summed E-state index contributed by atoms with van der Waals surface area (Å²) in [4.78, 5) is 14.4. The van der Waals surface area contributed by atoms with Crippen LogP contribution in [0.5, 0.6) is 0 Å². The SMILES string of the molecule is CN(CC(=O)Nc1cc(Cl)ccc1Cl)C1CC2CCC(C1)N2.Cl. The van der Waals surface area contributed by atoms with E-state index in [2.05, 4.69) is 15.5 Å². The number of anilines is 1. The number of nitrogens with zero attached hydrogens (tertiary/aromatic N) is 1. The fourth-order valence-corrected chi connectivity index (χ4v) is 3.86. The van der Waals surface area contributed by atoms with Crippen molar-refractivity contribution in [3.63, 3.8) is 0 Å². The number of hydrogen-bond donors (Lipinski definition) is 2. The number of carbonyl (C=O) groups excluding carboxylic acids is 1. The molecular formula is C16H22Cl3N3O. The zero-order valence-electron chi connectivity index (χ0n) is 13.0. The standard InChI is InChI=1S/C16H21Cl2N3O.ClH/c1-21(13-7-11-3-4-12(8-13)19-11)9-16(22)20-15-6-10(17)2-5-14(15)18;/h2,5-6,11-13,19H,3-4,7-9H2,1H3,(H,20,22);1H. The molecule has 2 heterocycles. The highest BCUT2D eigenvalue weighted by Crippen LogP contribution is 2.29. The lowest BCUT2D eigenvalue weighted by molar-refractivity contribution is -0.117. The maximum absolute atomic E-state index is 12.2. The van der Waals surface area contributed by atoms with Gasteiger partial charge in [0.1, 0.15) is 0 Å². The first-order valence-electron chi connectivity index (χ1n) is 7.72. The summed E-state index contributed by atoms with van der Waals surface area (Å²) in [6.07, 6.45) is 4.77. The monoisotopic (exact) mass is 377 g/mol. The van der Waals surface area contributed by atoms with Crippen molar-refractivity contribution in [3.8, 4) is 0 Å². The average Bonchev–Trinajstić information content (AvgIpc) is 2.81. The molecule has 3 rings (SSSR count). The third-order valence-electron chi connectivity index (χ3n) is 4.67. The van der Waals surface area contributed by atoms with Gasteiger partial charge in [-0.25, -0.2) is 0 Å². The van der Waals surface area contributed by atoms with Gasteiger partial charge in [0.05, 0.1) is 17.3 Å². The van der Waals surface area contributed by atoms with Crippen molar-refractivity contribution in [2.45, 2.75) is 43.8 Å². The number of halogens is 3. The highest BCUT2D eigenvalue weighted by Gasteiger charge is 2.35. The first kappa shape index (κ1) is 18.8. The molecule has 1 aromatic rings. The van der Waals surface area contributed by atoms with E-state index in [0.29, 0.717) is 40.4 Å². The second kappa shape index (κ2) is 8.04. The highest BCUT2D eigenvalue weighted by molar-refractivity contribution is 6.35. The Morgan fingerprint density at radius 2 is 1.96 bits per heavy atom. The molecule has 0 aromatic heterocycles. The Morgan fingerprint density at radius 3 is 2.61 bits per heavy atom. The molecule has 1 amide bonds. The van der Waals surface area contributed by atoms with E-state index in [4.69, 9.17) is 23.2 Å². The molecule has 2 N–H and O–H groups in total. The molecule has 2 saturated heterocycles. The van der Waals surface area contributed by atoms with Crippen molar-refractivity contribution in [1.82, 2.24) is 10.2 Å². The maximum Gasteiger partial charge on any atom is 0.238 e. The number of hydrogen-bond acceptors (Lipinski definition) is 3. The predicted octanol–water partition coefficient (Wildman–Crippen LogP) is 3.57. The van der Waals surface area contributed by atoms with Gasteiger partial charge < -0.3 is 10.6 Å². The molecular weight excluding hydrogens is 357 g/mol. The molecule has 0 spiro atoms. The van der Waals surface area contributed by atoms with E-state index in [1.807, 2.05) is 7.05 Å². The minimum absolute atomic E-state index is 0. The quantitative estimate of drug-likeness (QED) is 0.842. The Morgan fingerprint density at radius 1 is 1.30 bits per heavy atom. The van der Waals surface area contributed by atoms with Gasteiger partial charge in [-0.05, 0) is 50.9 Å². The molecule has 2 fully saturated rings. The molecule has 2 aliphatic rings. The van der Waals surface area contributed by atoms with Crippen molar-refractivity contribution < 1.29 is 4.79 Å². The molecule has 1 aromatic carbocycles. The van der Waals surface area contributed by atoms with Gasteiger partial charge in [0.25, 0.3) is 0 Å². The smallest absolute Gasteiger partial charge is 0.238 e. The Kier molecular flexibility index (Phi) is 6.57. The van der Waals surface area contributed by atoms with Crippen LogP contribution in [0.25, 0.3) is 0 Å². The van der Waals surface area contributed by atoms with Crippen LogP contribution in [0.4, 0.5) is 5.69 Å². The third-order valence-corrected chi connectivity index (χ3v) is 5.23. The lowest BCUT2D eigenvalue weighted by atomic mass is 9.98. The largest absolute Gasteiger partial charge is 0.324 e. The van der Waals surface area contributed by atoms with Gasteiger partial charge in [0, 0.05) is 23.1 Å². The van der Waals surface area contributed by atoms with Crippen LogP contribution in [0.1, 0.15) is 25.7 Å². The van der Waals surface area contributed by atoms with Crippen molar-refractivity contribution in [1.29, 1.82) is 0 Å². The predicted molar refractivity (Wildman–Crippen MR) is 97.9 cm³/mol. The van der Waals surface area contributed by atoms with Gasteiger partial charge in [-0.3, -0.25) is 9.69 Å². The van der Waals surface area contributed by atoms with Crippen molar-refractivity contribution >= 4 is 47.2 Å². The van der Waals surface area contributed by atoms with E-state index >= 15 is 0 Å². The summed E-state index contributed by atoms with van der Waals surface area (Å²) in [6, 6.07) is 6.78. The molecule has 23 heavy (non-hydrogen) atoms. The third kappa shape index (κ3) is 4.74. The molecule has 0 aliphatic carbocycles. The molecule has 0 radical (unpaired) electrons. The molecule has 2 bridgehead atoms. The van der Waals surface area contributed by atoms with Gasteiger partial charge in [0.15, 0.2) is 0 Å².